The smallest absolute Gasteiger partial charge is 0.265 e. The summed E-state index contributed by atoms with van der Waals surface area (Å²) in [5, 5.41) is 0. The third-order valence-electron chi connectivity index (χ3n) is 3.31. The molecule has 2 rings (SSSR count). The van der Waals surface area contributed by atoms with E-state index in [2.05, 4.69) is 20.7 Å². The van der Waals surface area contributed by atoms with Crippen molar-refractivity contribution in [3.8, 4) is 0 Å². The number of hydrogen-bond acceptors (Lipinski definition) is 4. The van der Waals surface area contributed by atoms with Gasteiger partial charge in [-0.05, 0) is 38.5 Å². The van der Waals surface area contributed by atoms with Gasteiger partial charge >= 0.3 is 0 Å². The summed E-state index contributed by atoms with van der Waals surface area (Å²) >= 11 is 3.38. The number of nitrogens with two attached hydrogens (primary N) is 1. The minimum Gasteiger partial charge on any atom is -0.465 e. The lowest BCUT2D eigenvalue weighted by Crippen LogP contribution is -2.17. The Hall–Kier alpha value is -1.31. The van der Waals surface area contributed by atoms with Crippen molar-refractivity contribution >= 4 is 31.6 Å². The van der Waals surface area contributed by atoms with E-state index in [0.29, 0.717) is 22.8 Å². The van der Waals surface area contributed by atoms with Crippen LogP contribution >= 0.6 is 15.9 Å². The molecule has 1 aromatic carbocycles. The SMILES string of the molecule is Cc1oc(C)c(S(=O)(=O)Nc2cccc(Br)c2C)c1CN. The number of anilines is 1. The number of furan rings is 1. The van der Waals surface area contributed by atoms with Gasteiger partial charge in [0.1, 0.15) is 16.4 Å². The number of nitrogens with one attached hydrogen (secondary N) is 1. The molecule has 0 fully saturated rings. The van der Waals surface area contributed by atoms with Crippen LogP contribution in [-0.2, 0) is 16.6 Å². The molecule has 5 nitrogen and oxygen atoms in total. The summed E-state index contributed by atoms with van der Waals surface area (Å²) in [6.07, 6.45) is 0. The van der Waals surface area contributed by atoms with Gasteiger partial charge < -0.3 is 10.2 Å². The highest BCUT2D eigenvalue weighted by molar-refractivity contribution is 9.10. The van der Waals surface area contributed by atoms with Crippen molar-refractivity contribution in [3.05, 3.63) is 45.3 Å². The number of benzene rings is 1. The molecule has 21 heavy (non-hydrogen) atoms. The molecule has 0 aliphatic heterocycles. The van der Waals surface area contributed by atoms with E-state index in [1.165, 1.54) is 0 Å². The molecular weight excluding hydrogens is 356 g/mol. The Morgan fingerprint density at radius 2 is 1.90 bits per heavy atom. The predicted molar refractivity (Wildman–Crippen MR) is 85.8 cm³/mol. The van der Waals surface area contributed by atoms with E-state index < -0.39 is 10.0 Å². The van der Waals surface area contributed by atoms with Gasteiger partial charge in [-0.1, -0.05) is 22.0 Å². The van der Waals surface area contributed by atoms with Gasteiger partial charge in [0, 0.05) is 16.6 Å². The third kappa shape index (κ3) is 3.00. The summed E-state index contributed by atoms with van der Waals surface area (Å²) in [5.74, 6) is 0.870. The molecule has 114 valence electrons. The van der Waals surface area contributed by atoms with Gasteiger partial charge in [0.15, 0.2) is 0 Å². The van der Waals surface area contributed by atoms with Crippen molar-refractivity contribution < 1.29 is 12.8 Å². The van der Waals surface area contributed by atoms with Crippen LogP contribution in [0, 0.1) is 20.8 Å². The van der Waals surface area contributed by atoms with Gasteiger partial charge in [0.25, 0.3) is 10.0 Å². The summed E-state index contributed by atoms with van der Waals surface area (Å²) in [5.41, 5.74) is 7.49. The summed E-state index contributed by atoms with van der Waals surface area (Å²) < 4.78 is 34.1. The molecular formula is C14H17BrN2O3S. The van der Waals surface area contributed by atoms with Gasteiger partial charge in [-0.15, -0.1) is 0 Å². The van der Waals surface area contributed by atoms with Crippen molar-refractivity contribution in [2.45, 2.75) is 32.2 Å². The standard InChI is InChI=1S/C14H17BrN2O3S/c1-8-12(15)5-4-6-13(8)17-21(18,19)14-10(3)20-9(2)11(14)7-16/h4-6,17H,7,16H2,1-3H3. The normalized spacial score (nSPS) is 11.7. The van der Waals surface area contributed by atoms with Crippen LogP contribution in [0.2, 0.25) is 0 Å². The van der Waals surface area contributed by atoms with E-state index in [1.54, 1.807) is 26.0 Å². The van der Waals surface area contributed by atoms with Gasteiger partial charge in [-0.25, -0.2) is 8.42 Å². The molecule has 0 spiro atoms. The summed E-state index contributed by atoms with van der Waals surface area (Å²) in [6, 6.07) is 5.33. The molecule has 2 aromatic rings. The Kier molecular flexibility index (Phi) is 4.46. The van der Waals surface area contributed by atoms with E-state index in [1.807, 2.05) is 13.0 Å². The lowest BCUT2D eigenvalue weighted by molar-refractivity contribution is 0.494. The maximum Gasteiger partial charge on any atom is 0.265 e. The van der Waals surface area contributed by atoms with Gasteiger partial charge in [-0.2, -0.15) is 0 Å². The molecule has 0 unspecified atom stereocenters. The van der Waals surface area contributed by atoms with Crippen LogP contribution in [-0.4, -0.2) is 8.42 Å². The monoisotopic (exact) mass is 372 g/mol. The Labute approximate surface area is 132 Å². The summed E-state index contributed by atoms with van der Waals surface area (Å²) in [6.45, 7) is 5.27. The third-order valence-corrected chi connectivity index (χ3v) is 5.73. The molecule has 0 saturated heterocycles. The van der Waals surface area contributed by atoms with E-state index in [0.717, 1.165) is 10.0 Å². The fourth-order valence-electron chi connectivity index (χ4n) is 2.21. The molecule has 0 radical (unpaired) electrons. The van der Waals surface area contributed by atoms with Gasteiger partial charge in [-0.3, -0.25) is 4.72 Å². The van der Waals surface area contributed by atoms with Crippen molar-refractivity contribution in [1.29, 1.82) is 0 Å². The first-order valence-corrected chi connectivity index (χ1v) is 8.62. The largest absolute Gasteiger partial charge is 0.465 e. The highest BCUT2D eigenvalue weighted by Gasteiger charge is 2.26. The Morgan fingerprint density at radius 3 is 2.52 bits per heavy atom. The molecule has 0 aliphatic rings. The Morgan fingerprint density at radius 1 is 1.24 bits per heavy atom. The topological polar surface area (TPSA) is 85.3 Å². The van der Waals surface area contributed by atoms with Crippen LogP contribution in [0.3, 0.4) is 0 Å². The summed E-state index contributed by atoms with van der Waals surface area (Å²) in [4.78, 5) is 0.127. The second-order valence-corrected chi connectivity index (χ2v) is 7.22. The van der Waals surface area contributed by atoms with E-state index in [4.69, 9.17) is 10.2 Å². The Balaban J connectivity index is 2.51. The minimum absolute atomic E-state index is 0.108. The zero-order valence-corrected chi connectivity index (χ0v) is 14.4. The highest BCUT2D eigenvalue weighted by Crippen LogP contribution is 2.30. The van der Waals surface area contributed by atoms with Crippen LogP contribution in [0.4, 0.5) is 5.69 Å². The quantitative estimate of drug-likeness (QED) is 0.862. The van der Waals surface area contributed by atoms with Crippen LogP contribution in [0.15, 0.2) is 32.0 Å². The van der Waals surface area contributed by atoms with Gasteiger partial charge in [0.2, 0.25) is 0 Å². The second kappa shape index (κ2) is 5.82. The number of rotatable bonds is 4. The number of hydrogen-bond donors (Lipinski definition) is 2. The highest BCUT2D eigenvalue weighted by atomic mass is 79.9. The number of aryl methyl sites for hydroxylation is 2. The second-order valence-electron chi connectivity index (χ2n) is 4.74. The average Bonchev–Trinajstić information content (AvgIpc) is 2.69. The molecule has 0 saturated carbocycles. The first kappa shape index (κ1) is 16.1. The van der Waals surface area contributed by atoms with Crippen molar-refractivity contribution in [3.63, 3.8) is 0 Å². The van der Waals surface area contributed by atoms with Crippen LogP contribution in [0.5, 0.6) is 0 Å². The van der Waals surface area contributed by atoms with Crippen LogP contribution < -0.4 is 10.5 Å². The predicted octanol–water partition coefficient (Wildman–Crippen LogP) is 3.23. The van der Waals surface area contributed by atoms with Crippen molar-refractivity contribution in [2.24, 2.45) is 5.73 Å². The van der Waals surface area contributed by atoms with E-state index in [-0.39, 0.29) is 11.4 Å². The lowest BCUT2D eigenvalue weighted by Gasteiger charge is -2.12. The molecule has 0 amide bonds. The number of sulfonamides is 1. The maximum atomic E-state index is 12.6. The molecule has 7 heteroatoms. The Bertz CT molecular complexity index is 782. The van der Waals surface area contributed by atoms with Crippen LogP contribution in [0.1, 0.15) is 22.6 Å². The molecule has 0 bridgehead atoms. The van der Waals surface area contributed by atoms with Crippen molar-refractivity contribution in [2.75, 3.05) is 4.72 Å². The molecule has 3 N–H and O–H groups in total. The zero-order chi connectivity index (χ0) is 15.8. The fourth-order valence-corrected chi connectivity index (χ4v) is 4.16. The fraction of sp³-hybridized carbons (Fsp3) is 0.286. The zero-order valence-electron chi connectivity index (χ0n) is 12.0. The van der Waals surface area contributed by atoms with E-state index in [9.17, 15) is 8.42 Å². The molecule has 1 heterocycles. The van der Waals surface area contributed by atoms with Gasteiger partial charge in [0.05, 0.1) is 5.69 Å². The number of halogens is 1. The molecule has 1 aromatic heterocycles. The first-order valence-electron chi connectivity index (χ1n) is 6.34. The van der Waals surface area contributed by atoms with Crippen molar-refractivity contribution in [1.82, 2.24) is 0 Å². The molecule has 0 aliphatic carbocycles. The first-order chi connectivity index (χ1) is 9.77. The average molecular weight is 373 g/mol. The lowest BCUT2D eigenvalue weighted by atomic mass is 10.2. The minimum atomic E-state index is -3.75. The summed E-state index contributed by atoms with van der Waals surface area (Å²) in [7, 11) is -3.75. The molecule has 0 atom stereocenters. The van der Waals surface area contributed by atoms with E-state index >= 15 is 0 Å². The maximum absolute atomic E-state index is 12.6. The van der Waals surface area contributed by atoms with Crippen LogP contribution in [0.25, 0.3) is 0 Å².